The van der Waals surface area contributed by atoms with Crippen LogP contribution in [-0.2, 0) is 0 Å². The minimum absolute atomic E-state index is 0.251. The molecule has 0 spiro atoms. The van der Waals surface area contributed by atoms with Crippen LogP contribution in [0.15, 0.2) is 34.8 Å². The maximum absolute atomic E-state index is 12.2. The number of carbonyl (C=O) groups excluding carboxylic acids is 1. The molecule has 3 nitrogen and oxygen atoms in total. The number of anilines is 2. The number of para-hydroxylation sites is 1. The molecule has 2 rings (SSSR count). The highest BCUT2D eigenvalue weighted by atomic mass is 79.9. The average molecular weight is 374 g/mol. The number of halogens is 3. The van der Waals surface area contributed by atoms with E-state index in [1.165, 1.54) is 0 Å². The van der Waals surface area contributed by atoms with Gasteiger partial charge in [-0.15, -0.1) is 0 Å². The number of hydrogen-bond acceptors (Lipinski definition) is 2. The van der Waals surface area contributed by atoms with Gasteiger partial charge in [0.25, 0.3) is 5.91 Å². The molecule has 0 saturated heterocycles. The topological polar surface area (TPSA) is 55.1 Å². The first kappa shape index (κ1) is 15.2. The molecular formula is C14H11BrCl2N2O. The Morgan fingerprint density at radius 1 is 1.25 bits per heavy atom. The molecule has 0 saturated carbocycles. The SMILES string of the molecule is Cc1cc(Br)c(NC(=O)c2cccc(Cl)c2N)cc1Cl. The van der Waals surface area contributed by atoms with Crippen LogP contribution in [0.2, 0.25) is 10.0 Å². The van der Waals surface area contributed by atoms with Crippen molar-refractivity contribution in [1.82, 2.24) is 0 Å². The fraction of sp³-hybridized carbons (Fsp3) is 0.0714. The molecule has 6 heteroatoms. The molecule has 2 aromatic carbocycles. The standard InChI is InChI=1S/C14H11BrCl2N2O/c1-7-5-9(15)12(6-11(7)17)19-14(20)8-3-2-4-10(16)13(8)18/h2-6H,18H2,1H3,(H,19,20). The molecule has 20 heavy (non-hydrogen) atoms. The first-order valence-corrected chi connectivity index (χ1v) is 7.26. The third-order valence-electron chi connectivity index (χ3n) is 2.79. The van der Waals surface area contributed by atoms with Crippen molar-refractivity contribution in [2.45, 2.75) is 6.92 Å². The van der Waals surface area contributed by atoms with Crippen LogP contribution in [0.5, 0.6) is 0 Å². The maximum Gasteiger partial charge on any atom is 0.257 e. The highest BCUT2D eigenvalue weighted by Crippen LogP contribution is 2.30. The molecule has 104 valence electrons. The van der Waals surface area contributed by atoms with Gasteiger partial charge in [0.15, 0.2) is 0 Å². The van der Waals surface area contributed by atoms with Gasteiger partial charge in [-0.05, 0) is 52.7 Å². The summed E-state index contributed by atoms with van der Waals surface area (Å²) in [6.07, 6.45) is 0. The van der Waals surface area contributed by atoms with Crippen molar-refractivity contribution in [2.24, 2.45) is 0 Å². The number of benzene rings is 2. The second kappa shape index (κ2) is 6.04. The van der Waals surface area contributed by atoms with E-state index in [4.69, 9.17) is 28.9 Å². The molecule has 2 aromatic rings. The molecule has 0 atom stereocenters. The summed E-state index contributed by atoms with van der Waals surface area (Å²) in [5.74, 6) is -0.342. The van der Waals surface area contributed by atoms with Crippen molar-refractivity contribution in [3.05, 3.63) is 56.0 Å². The minimum atomic E-state index is -0.342. The Balaban J connectivity index is 2.33. The second-order valence-corrected chi connectivity index (χ2v) is 5.91. The van der Waals surface area contributed by atoms with E-state index < -0.39 is 0 Å². The molecule has 0 unspecified atom stereocenters. The number of hydrogen-bond donors (Lipinski definition) is 2. The molecule has 0 aliphatic rings. The quantitative estimate of drug-likeness (QED) is 0.735. The Labute approximate surface area is 135 Å². The normalized spacial score (nSPS) is 10.4. The number of aryl methyl sites for hydroxylation is 1. The summed E-state index contributed by atoms with van der Waals surface area (Å²) in [7, 11) is 0. The molecule has 0 fully saturated rings. The summed E-state index contributed by atoms with van der Waals surface area (Å²) in [4.78, 5) is 12.2. The molecule has 0 radical (unpaired) electrons. The smallest absolute Gasteiger partial charge is 0.257 e. The fourth-order valence-electron chi connectivity index (χ4n) is 1.67. The molecule has 0 aliphatic heterocycles. The molecule has 3 N–H and O–H groups in total. The molecule has 0 heterocycles. The number of nitrogens with one attached hydrogen (secondary N) is 1. The largest absolute Gasteiger partial charge is 0.397 e. The molecule has 0 aliphatic carbocycles. The number of carbonyl (C=O) groups is 1. The van der Waals surface area contributed by atoms with Crippen LogP contribution in [-0.4, -0.2) is 5.91 Å². The van der Waals surface area contributed by atoms with Crippen molar-refractivity contribution in [1.29, 1.82) is 0 Å². The zero-order chi connectivity index (χ0) is 14.9. The number of amides is 1. The van der Waals surface area contributed by atoms with E-state index in [9.17, 15) is 4.79 Å². The lowest BCUT2D eigenvalue weighted by Crippen LogP contribution is -2.14. The maximum atomic E-state index is 12.2. The van der Waals surface area contributed by atoms with Gasteiger partial charge >= 0.3 is 0 Å². The van der Waals surface area contributed by atoms with Crippen molar-refractivity contribution >= 4 is 56.4 Å². The van der Waals surface area contributed by atoms with Crippen LogP contribution in [0, 0.1) is 6.92 Å². The van der Waals surface area contributed by atoms with Crippen LogP contribution in [0.3, 0.4) is 0 Å². The van der Waals surface area contributed by atoms with E-state index in [1.54, 1.807) is 24.3 Å². The van der Waals surface area contributed by atoms with Crippen LogP contribution >= 0.6 is 39.1 Å². The zero-order valence-electron chi connectivity index (χ0n) is 10.5. The Morgan fingerprint density at radius 2 is 1.95 bits per heavy atom. The third-order valence-corrected chi connectivity index (χ3v) is 4.19. The Hall–Kier alpha value is -1.23. The lowest BCUT2D eigenvalue weighted by atomic mass is 10.1. The van der Waals surface area contributed by atoms with Gasteiger partial charge in [-0.3, -0.25) is 4.79 Å². The number of rotatable bonds is 2. The summed E-state index contributed by atoms with van der Waals surface area (Å²) in [5, 5.41) is 3.67. The predicted molar refractivity (Wildman–Crippen MR) is 87.7 cm³/mol. The highest BCUT2D eigenvalue weighted by molar-refractivity contribution is 9.10. The monoisotopic (exact) mass is 372 g/mol. The predicted octanol–water partition coefficient (Wildman–Crippen LogP) is 4.90. The molecule has 0 bridgehead atoms. The molecular weight excluding hydrogens is 363 g/mol. The van der Waals surface area contributed by atoms with E-state index in [1.807, 2.05) is 13.0 Å². The Kier molecular flexibility index (Phi) is 4.58. The highest BCUT2D eigenvalue weighted by Gasteiger charge is 2.14. The summed E-state index contributed by atoms with van der Waals surface area (Å²) >= 11 is 15.3. The van der Waals surface area contributed by atoms with Gasteiger partial charge in [-0.25, -0.2) is 0 Å². The van der Waals surface area contributed by atoms with Crippen LogP contribution in [0.1, 0.15) is 15.9 Å². The summed E-state index contributed by atoms with van der Waals surface area (Å²) in [6.45, 7) is 1.88. The first-order valence-electron chi connectivity index (χ1n) is 5.71. The summed E-state index contributed by atoms with van der Waals surface area (Å²) in [6, 6.07) is 8.43. The third kappa shape index (κ3) is 3.08. The van der Waals surface area contributed by atoms with Crippen molar-refractivity contribution in [3.8, 4) is 0 Å². The van der Waals surface area contributed by atoms with Crippen molar-refractivity contribution < 1.29 is 4.79 Å². The summed E-state index contributed by atoms with van der Waals surface area (Å²) in [5.41, 5.74) is 7.86. The van der Waals surface area contributed by atoms with Gasteiger partial charge in [0.2, 0.25) is 0 Å². The van der Waals surface area contributed by atoms with E-state index in [-0.39, 0.29) is 11.6 Å². The van der Waals surface area contributed by atoms with Gasteiger partial charge in [0, 0.05) is 9.50 Å². The van der Waals surface area contributed by atoms with Gasteiger partial charge in [-0.2, -0.15) is 0 Å². The van der Waals surface area contributed by atoms with Gasteiger partial charge < -0.3 is 11.1 Å². The van der Waals surface area contributed by atoms with Crippen LogP contribution < -0.4 is 11.1 Å². The van der Waals surface area contributed by atoms with Crippen molar-refractivity contribution in [3.63, 3.8) is 0 Å². The van der Waals surface area contributed by atoms with Crippen molar-refractivity contribution in [2.75, 3.05) is 11.1 Å². The molecule has 0 aromatic heterocycles. The average Bonchev–Trinajstić information content (AvgIpc) is 2.39. The van der Waals surface area contributed by atoms with E-state index >= 15 is 0 Å². The van der Waals surface area contributed by atoms with Gasteiger partial charge in [0.05, 0.1) is 22.0 Å². The van der Waals surface area contributed by atoms with Crippen LogP contribution in [0.25, 0.3) is 0 Å². The number of nitrogen functional groups attached to an aromatic ring is 1. The first-order chi connectivity index (χ1) is 9.40. The van der Waals surface area contributed by atoms with Gasteiger partial charge in [-0.1, -0.05) is 29.3 Å². The molecule has 1 amide bonds. The van der Waals surface area contributed by atoms with E-state index in [0.29, 0.717) is 21.3 Å². The Bertz CT molecular complexity index is 689. The number of nitrogens with two attached hydrogens (primary N) is 1. The van der Waals surface area contributed by atoms with Crippen LogP contribution in [0.4, 0.5) is 11.4 Å². The fourth-order valence-corrected chi connectivity index (χ4v) is 2.56. The zero-order valence-corrected chi connectivity index (χ0v) is 13.6. The second-order valence-electron chi connectivity index (χ2n) is 4.24. The van der Waals surface area contributed by atoms with Gasteiger partial charge in [0.1, 0.15) is 0 Å². The summed E-state index contributed by atoms with van der Waals surface area (Å²) < 4.78 is 0.744. The minimum Gasteiger partial charge on any atom is -0.397 e. The van der Waals surface area contributed by atoms with E-state index in [0.717, 1.165) is 10.0 Å². The van der Waals surface area contributed by atoms with E-state index in [2.05, 4.69) is 21.2 Å². The Morgan fingerprint density at radius 3 is 2.65 bits per heavy atom. The lowest BCUT2D eigenvalue weighted by Gasteiger charge is -2.11. The lowest BCUT2D eigenvalue weighted by molar-refractivity contribution is 0.102.